The maximum absolute atomic E-state index is 12.4. The van der Waals surface area contributed by atoms with Crippen molar-refractivity contribution in [3.8, 4) is 28.6 Å². The number of amides is 1. The van der Waals surface area contributed by atoms with Crippen molar-refractivity contribution in [2.75, 3.05) is 12.9 Å². The summed E-state index contributed by atoms with van der Waals surface area (Å²) < 4.78 is 7.01. The number of aromatic nitrogens is 3. The number of methoxy groups -OCH3 is 1. The molecule has 172 valence electrons. The summed E-state index contributed by atoms with van der Waals surface area (Å²) in [7, 11) is 1.47. The highest BCUT2D eigenvalue weighted by Gasteiger charge is 2.17. The molecular formula is C25H23N5O3S. The van der Waals surface area contributed by atoms with Gasteiger partial charge in [0.25, 0.3) is 5.91 Å². The molecule has 1 amide bonds. The third-order valence-electron chi connectivity index (χ3n) is 4.93. The van der Waals surface area contributed by atoms with Gasteiger partial charge in [-0.3, -0.25) is 9.36 Å². The average molecular weight is 474 g/mol. The second-order valence-electron chi connectivity index (χ2n) is 7.32. The van der Waals surface area contributed by atoms with Gasteiger partial charge in [0.15, 0.2) is 22.5 Å². The number of rotatable bonds is 8. The zero-order chi connectivity index (χ0) is 23.9. The number of phenols is 1. The van der Waals surface area contributed by atoms with Gasteiger partial charge >= 0.3 is 0 Å². The molecule has 34 heavy (non-hydrogen) atoms. The Bertz CT molecular complexity index is 1300. The van der Waals surface area contributed by atoms with Crippen molar-refractivity contribution in [3.63, 3.8) is 0 Å². The summed E-state index contributed by atoms with van der Waals surface area (Å²) in [5.41, 5.74) is 5.88. The lowest BCUT2D eigenvalue weighted by Gasteiger charge is -2.10. The standard InChI is InChI=1S/C25H23N5O3S/c1-17-11-13-20(14-12-17)30-24(18-7-4-3-5-8-18)28-29-25(30)34-16-22(31)27-26-15-19-9-6-10-21(33-2)23(19)32/h3-15,32H,16H2,1-2H3,(H,27,31). The van der Waals surface area contributed by atoms with Gasteiger partial charge < -0.3 is 9.84 Å². The first kappa shape index (κ1) is 23.1. The maximum Gasteiger partial charge on any atom is 0.250 e. The number of benzene rings is 3. The van der Waals surface area contributed by atoms with E-state index in [2.05, 4.69) is 20.7 Å². The molecule has 0 aliphatic carbocycles. The summed E-state index contributed by atoms with van der Waals surface area (Å²) >= 11 is 1.26. The number of aryl methyl sites for hydroxylation is 1. The first-order valence-electron chi connectivity index (χ1n) is 10.5. The fourth-order valence-corrected chi connectivity index (χ4v) is 3.95. The van der Waals surface area contributed by atoms with Crippen LogP contribution in [0, 0.1) is 6.92 Å². The predicted molar refractivity (Wildman–Crippen MR) is 133 cm³/mol. The molecule has 0 bridgehead atoms. The van der Waals surface area contributed by atoms with E-state index in [1.807, 2.05) is 66.1 Å². The van der Waals surface area contributed by atoms with Crippen LogP contribution in [0.15, 0.2) is 83.1 Å². The minimum absolute atomic E-state index is 0.0444. The van der Waals surface area contributed by atoms with Gasteiger partial charge in [-0.25, -0.2) is 5.43 Å². The molecule has 8 nitrogen and oxygen atoms in total. The topological polar surface area (TPSA) is 102 Å². The quantitative estimate of drug-likeness (QED) is 0.226. The minimum Gasteiger partial charge on any atom is -0.504 e. The van der Waals surface area contributed by atoms with Crippen LogP contribution in [0.25, 0.3) is 17.1 Å². The molecule has 0 unspecified atom stereocenters. The van der Waals surface area contributed by atoms with E-state index in [0.717, 1.165) is 16.8 Å². The third-order valence-corrected chi connectivity index (χ3v) is 5.86. The van der Waals surface area contributed by atoms with Crippen molar-refractivity contribution in [2.45, 2.75) is 12.1 Å². The van der Waals surface area contributed by atoms with Crippen molar-refractivity contribution >= 4 is 23.9 Å². The number of para-hydroxylation sites is 1. The maximum atomic E-state index is 12.4. The van der Waals surface area contributed by atoms with Crippen LogP contribution in [0.5, 0.6) is 11.5 Å². The number of nitrogens with one attached hydrogen (secondary N) is 1. The van der Waals surface area contributed by atoms with Gasteiger partial charge in [0, 0.05) is 16.8 Å². The van der Waals surface area contributed by atoms with Crippen LogP contribution in [-0.4, -0.2) is 44.9 Å². The van der Waals surface area contributed by atoms with E-state index in [1.54, 1.807) is 18.2 Å². The molecule has 1 aromatic heterocycles. The molecule has 0 aliphatic heterocycles. The van der Waals surface area contributed by atoms with E-state index in [0.29, 0.717) is 22.3 Å². The smallest absolute Gasteiger partial charge is 0.250 e. The van der Waals surface area contributed by atoms with Crippen LogP contribution in [0.4, 0.5) is 0 Å². The second kappa shape index (κ2) is 10.7. The molecule has 0 atom stereocenters. The second-order valence-corrected chi connectivity index (χ2v) is 8.27. The summed E-state index contributed by atoms with van der Waals surface area (Å²) in [6.07, 6.45) is 1.36. The molecule has 4 rings (SSSR count). The fraction of sp³-hybridized carbons (Fsp3) is 0.120. The van der Waals surface area contributed by atoms with Crippen LogP contribution in [0.3, 0.4) is 0 Å². The van der Waals surface area contributed by atoms with E-state index in [4.69, 9.17) is 4.74 Å². The SMILES string of the molecule is COc1cccc(C=NNC(=O)CSc2nnc(-c3ccccc3)n2-c2ccc(C)cc2)c1O. The number of hydrogen-bond donors (Lipinski definition) is 2. The fourth-order valence-electron chi connectivity index (χ4n) is 3.21. The van der Waals surface area contributed by atoms with Crippen molar-refractivity contribution in [3.05, 3.63) is 83.9 Å². The summed E-state index contributed by atoms with van der Waals surface area (Å²) in [5, 5.41) is 23.3. The highest BCUT2D eigenvalue weighted by molar-refractivity contribution is 7.99. The van der Waals surface area contributed by atoms with Crippen molar-refractivity contribution < 1.29 is 14.6 Å². The molecule has 0 saturated carbocycles. The van der Waals surface area contributed by atoms with Gasteiger partial charge in [-0.2, -0.15) is 5.10 Å². The number of carbonyl (C=O) groups is 1. The number of hydrazone groups is 1. The van der Waals surface area contributed by atoms with Gasteiger partial charge in [0.1, 0.15) is 0 Å². The van der Waals surface area contributed by atoms with Gasteiger partial charge in [-0.05, 0) is 31.2 Å². The zero-order valence-electron chi connectivity index (χ0n) is 18.7. The van der Waals surface area contributed by atoms with Gasteiger partial charge in [0.2, 0.25) is 0 Å². The van der Waals surface area contributed by atoms with E-state index >= 15 is 0 Å². The normalized spacial score (nSPS) is 11.0. The number of aromatic hydroxyl groups is 1. The molecule has 1 heterocycles. The van der Waals surface area contributed by atoms with Crippen LogP contribution in [-0.2, 0) is 4.79 Å². The Balaban J connectivity index is 1.49. The lowest BCUT2D eigenvalue weighted by molar-refractivity contribution is -0.118. The monoisotopic (exact) mass is 473 g/mol. The highest BCUT2D eigenvalue weighted by Crippen LogP contribution is 2.29. The van der Waals surface area contributed by atoms with E-state index in [9.17, 15) is 9.90 Å². The Kier molecular flexibility index (Phi) is 7.24. The molecule has 4 aromatic rings. The first-order chi connectivity index (χ1) is 16.6. The molecular weight excluding hydrogens is 450 g/mol. The summed E-state index contributed by atoms with van der Waals surface area (Å²) in [5.74, 6) is 0.745. The Morgan fingerprint density at radius 1 is 1.09 bits per heavy atom. The minimum atomic E-state index is -0.316. The number of phenolic OH excluding ortho intramolecular Hbond substituents is 1. The molecule has 3 aromatic carbocycles. The number of thioether (sulfide) groups is 1. The van der Waals surface area contributed by atoms with Crippen molar-refractivity contribution in [1.82, 2.24) is 20.2 Å². The number of hydrogen-bond acceptors (Lipinski definition) is 7. The highest BCUT2D eigenvalue weighted by atomic mass is 32.2. The molecule has 0 fully saturated rings. The Labute approximate surface area is 201 Å². The van der Waals surface area contributed by atoms with Gasteiger partial charge in [-0.15, -0.1) is 10.2 Å². The summed E-state index contributed by atoms with van der Waals surface area (Å²) in [6.45, 7) is 2.03. The lowest BCUT2D eigenvalue weighted by atomic mass is 10.2. The van der Waals surface area contributed by atoms with Gasteiger partial charge in [-0.1, -0.05) is 65.9 Å². The first-order valence-corrected chi connectivity index (χ1v) is 11.4. The molecule has 0 aliphatic rings. The Morgan fingerprint density at radius 3 is 2.59 bits per heavy atom. The van der Waals surface area contributed by atoms with Crippen LogP contribution in [0.1, 0.15) is 11.1 Å². The molecule has 0 saturated heterocycles. The number of nitrogens with zero attached hydrogens (tertiary/aromatic N) is 4. The molecule has 0 radical (unpaired) electrons. The van der Waals surface area contributed by atoms with Crippen LogP contribution in [0.2, 0.25) is 0 Å². The number of ether oxygens (including phenoxy) is 1. The van der Waals surface area contributed by atoms with Crippen molar-refractivity contribution in [1.29, 1.82) is 0 Å². The van der Waals surface area contributed by atoms with E-state index in [-0.39, 0.29) is 17.4 Å². The van der Waals surface area contributed by atoms with Crippen LogP contribution >= 0.6 is 11.8 Å². The Morgan fingerprint density at radius 2 is 1.85 bits per heavy atom. The van der Waals surface area contributed by atoms with Crippen molar-refractivity contribution in [2.24, 2.45) is 5.10 Å². The number of carbonyl (C=O) groups excluding carboxylic acids is 1. The average Bonchev–Trinajstić information content (AvgIpc) is 3.29. The van der Waals surface area contributed by atoms with E-state index in [1.165, 1.54) is 25.1 Å². The predicted octanol–water partition coefficient (Wildman–Crippen LogP) is 4.20. The molecule has 2 N–H and O–H groups in total. The summed E-state index contributed by atoms with van der Waals surface area (Å²) in [4.78, 5) is 12.4. The molecule has 9 heteroatoms. The van der Waals surface area contributed by atoms with Crippen LogP contribution < -0.4 is 10.2 Å². The summed E-state index contributed by atoms with van der Waals surface area (Å²) in [6, 6.07) is 22.8. The lowest BCUT2D eigenvalue weighted by Crippen LogP contribution is -2.20. The largest absolute Gasteiger partial charge is 0.504 e. The Hall–Kier alpha value is -4.11. The van der Waals surface area contributed by atoms with Gasteiger partial charge in [0.05, 0.1) is 19.1 Å². The third kappa shape index (κ3) is 5.26. The van der Waals surface area contributed by atoms with E-state index < -0.39 is 0 Å². The molecule has 0 spiro atoms. The zero-order valence-corrected chi connectivity index (χ0v) is 19.5.